The number of esters is 3. The highest BCUT2D eigenvalue weighted by Crippen LogP contribution is 2.47. The van der Waals surface area contributed by atoms with E-state index in [9.17, 15) is 24.1 Å². The SMILES string of the molecule is O=C(OC[C@H]1O[C@H](OP(O)(=S)OCCCc2ccccc2)[C@@H](NC(=O)C(Cl)Cl)[C@@H](OC(=O)c2ccccc2)[C@@H]1OC(=O)c1ccccc1)c1ccccc1. The summed E-state index contributed by atoms with van der Waals surface area (Å²) in [5.41, 5.74) is 1.48. The second kappa shape index (κ2) is 19.9. The van der Waals surface area contributed by atoms with Crippen molar-refractivity contribution in [1.29, 1.82) is 0 Å². The Labute approximate surface area is 326 Å². The van der Waals surface area contributed by atoms with Crippen LogP contribution in [0.2, 0.25) is 0 Å². The Morgan fingerprint density at radius 3 is 1.74 bits per heavy atom. The highest BCUT2D eigenvalue weighted by molar-refractivity contribution is 8.07. The molecular formula is C38H36Cl2NO11PS. The number of aryl methyl sites for hydroxylation is 1. The number of ether oxygens (including phenoxy) is 4. The van der Waals surface area contributed by atoms with Gasteiger partial charge in [0.1, 0.15) is 18.8 Å². The van der Waals surface area contributed by atoms with Crippen molar-refractivity contribution in [2.24, 2.45) is 0 Å². The summed E-state index contributed by atoms with van der Waals surface area (Å²) < 4.78 is 35.2. The highest BCUT2D eigenvalue weighted by Gasteiger charge is 2.53. The Bertz CT molecular complexity index is 1890. The summed E-state index contributed by atoms with van der Waals surface area (Å²) >= 11 is 17.2. The first-order valence-electron chi connectivity index (χ1n) is 16.7. The van der Waals surface area contributed by atoms with Gasteiger partial charge in [0.15, 0.2) is 23.3 Å². The van der Waals surface area contributed by atoms with Gasteiger partial charge in [-0.15, -0.1) is 0 Å². The van der Waals surface area contributed by atoms with Crippen LogP contribution in [0.5, 0.6) is 0 Å². The molecule has 0 saturated carbocycles. The first kappa shape index (κ1) is 41.0. The van der Waals surface area contributed by atoms with Crippen LogP contribution in [0.1, 0.15) is 43.1 Å². The lowest BCUT2D eigenvalue weighted by atomic mass is 9.96. The zero-order valence-electron chi connectivity index (χ0n) is 28.5. The number of hydrogen-bond donors (Lipinski definition) is 2. The average molecular weight is 817 g/mol. The molecule has 2 N–H and O–H groups in total. The van der Waals surface area contributed by atoms with Crippen molar-refractivity contribution in [3.05, 3.63) is 144 Å². The second-order valence-electron chi connectivity index (χ2n) is 11.8. The Kier molecular flexibility index (Phi) is 15.1. The number of carbonyl (C=O) groups excluding carboxylic acids is 4. The van der Waals surface area contributed by atoms with E-state index < -0.39 is 72.6 Å². The third-order valence-corrected chi connectivity index (χ3v) is 9.94. The van der Waals surface area contributed by atoms with E-state index in [4.69, 9.17) is 63.0 Å². The molecule has 1 saturated heterocycles. The Balaban J connectivity index is 1.49. The third kappa shape index (κ3) is 11.9. The van der Waals surface area contributed by atoms with Crippen molar-refractivity contribution in [2.75, 3.05) is 13.2 Å². The summed E-state index contributed by atoms with van der Waals surface area (Å²) in [7, 11) is 0. The molecule has 54 heavy (non-hydrogen) atoms. The van der Waals surface area contributed by atoms with Gasteiger partial charge in [-0.1, -0.05) is 108 Å². The van der Waals surface area contributed by atoms with Crippen LogP contribution in [-0.2, 0) is 51.0 Å². The van der Waals surface area contributed by atoms with Gasteiger partial charge in [-0.2, -0.15) is 0 Å². The highest BCUT2D eigenvalue weighted by atomic mass is 35.5. The van der Waals surface area contributed by atoms with Crippen LogP contribution in [-0.4, -0.2) is 77.4 Å². The molecule has 4 aromatic carbocycles. The smallest absolute Gasteiger partial charge is 0.338 e. The van der Waals surface area contributed by atoms with Gasteiger partial charge in [0, 0.05) is 0 Å². The van der Waals surface area contributed by atoms with Crippen LogP contribution < -0.4 is 5.32 Å². The molecule has 6 atom stereocenters. The van der Waals surface area contributed by atoms with Crippen molar-refractivity contribution in [1.82, 2.24) is 5.32 Å². The van der Waals surface area contributed by atoms with Gasteiger partial charge in [0.05, 0.1) is 23.3 Å². The number of alkyl halides is 2. The predicted octanol–water partition coefficient (Wildman–Crippen LogP) is 6.19. The van der Waals surface area contributed by atoms with Crippen LogP contribution in [0.15, 0.2) is 121 Å². The molecule has 1 fully saturated rings. The number of amides is 1. The molecule has 0 aliphatic carbocycles. The lowest BCUT2D eigenvalue weighted by Crippen LogP contribution is -2.67. The summed E-state index contributed by atoms with van der Waals surface area (Å²) in [6.45, 7) is -4.78. The number of carbonyl (C=O) groups is 4. The molecule has 0 bridgehead atoms. The quantitative estimate of drug-likeness (QED) is 0.0436. The number of halogens is 2. The van der Waals surface area contributed by atoms with Crippen LogP contribution in [0.4, 0.5) is 0 Å². The van der Waals surface area contributed by atoms with Gasteiger partial charge in [0.2, 0.25) is 0 Å². The maximum absolute atomic E-state index is 13.6. The predicted molar refractivity (Wildman–Crippen MR) is 202 cm³/mol. The molecule has 0 aromatic heterocycles. The van der Waals surface area contributed by atoms with Crippen molar-refractivity contribution in [3.8, 4) is 0 Å². The van der Waals surface area contributed by atoms with Gasteiger partial charge in [0.25, 0.3) is 5.91 Å². The lowest BCUT2D eigenvalue weighted by molar-refractivity contribution is -0.246. The first-order chi connectivity index (χ1) is 26.0. The van der Waals surface area contributed by atoms with E-state index in [1.807, 2.05) is 30.3 Å². The fraction of sp³-hybridized carbons (Fsp3) is 0.263. The Morgan fingerprint density at radius 1 is 0.741 bits per heavy atom. The van der Waals surface area contributed by atoms with E-state index in [1.54, 1.807) is 54.6 Å². The zero-order valence-corrected chi connectivity index (χ0v) is 31.7. The van der Waals surface area contributed by atoms with E-state index in [-0.39, 0.29) is 23.3 Å². The van der Waals surface area contributed by atoms with Crippen molar-refractivity contribution >= 4 is 65.5 Å². The lowest BCUT2D eigenvalue weighted by Gasteiger charge is -2.45. The molecule has 1 amide bonds. The molecule has 1 aliphatic rings. The van der Waals surface area contributed by atoms with Gasteiger partial charge in [-0.05, 0) is 66.6 Å². The van der Waals surface area contributed by atoms with Gasteiger partial charge >= 0.3 is 24.6 Å². The summed E-state index contributed by atoms with van der Waals surface area (Å²) in [5.74, 6) is -3.48. The minimum Gasteiger partial charge on any atom is -0.459 e. The van der Waals surface area contributed by atoms with Crippen LogP contribution in [0.25, 0.3) is 0 Å². The molecule has 284 valence electrons. The van der Waals surface area contributed by atoms with E-state index in [0.29, 0.717) is 12.8 Å². The van der Waals surface area contributed by atoms with Gasteiger partial charge in [-0.25, -0.2) is 14.4 Å². The number of hydrogen-bond acceptors (Lipinski definition) is 11. The Hall–Kier alpha value is -4.17. The molecule has 1 heterocycles. The molecular weight excluding hydrogens is 780 g/mol. The van der Waals surface area contributed by atoms with Gasteiger partial charge in [-0.3, -0.25) is 9.32 Å². The molecule has 4 aromatic rings. The van der Waals surface area contributed by atoms with Crippen molar-refractivity contribution < 1.29 is 52.1 Å². The topological polar surface area (TPSA) is 156 Å². The maximum Gasteiger partial charge on any atom is 0.338 e. The fourth-order valence-corrected chi connectivity index (χ4v) is 6.87. The molecule has 1 unspecified atom stereocenters. The maximum atomic E-state index is 13.6. The normalized spacial score (nSPS) is 20.6. The summed E-state index contributed by atoms with van der Waals surface area (Å²) in [5, 5.41) is 2.52. The first-order valence-corrected chi connectivity index (χ1v) is 20.1. The second-order valence-corrected chi connectivity index (χ2v) is 15.7. The van der Waals surface area contributed by atoms with Gasteiger partial charge < -0.3 is 33.7 Å². The largest absolute Gasteiger partial charge is 0.459 e. The van der Waals surface area contributed by atoms with Crippen LogP contribution in [0, 0.1) is 0 Å². The number of benzene rings is 4. The molecule has 12 nitrogen and oxygen atoms in total. The average Bonchev–Trinajstić information content (AvgIpc) is 3.19. The minimum absolute atomic E-state index is 0.0142. The number of nitrogens with one attached hydrogen (secondary N) is 1. The van der Waals surface area contributed by atoms with E-state index in [0.717, 1.165) is 5.56 Å². The van der Waals surface area contributed by atoms with E-state index >= 15 is 0 Å². The number of rotatable bonds is 16. The molecule has 0 spiro atoms. The minimum atomic E-state index is -4.18. The standard InChI is InChI=1S/C38H36Cl2NO11PS/c39-33(40)34(42)41-30-32(51-37(45)28-21-11-4-12-22-28)31(50-36(44)27-19-9-3-10-20-27)29(24-47-35(43)26-17-7-2-8-18-26)49-38(30)52-53(46,54)48-23-13-16-25-14-5-1-6-15-25/h1-12,14-15,17-22,29-33,38H,13,16,23-24H2,(H,41,42)(H,46,54)/t29-,30+,31-,32-,38-,53?/m1/s1. The zero-order chi connectivity index (χ0) is 38.5. The molecule has 0 radical (unpaired) electrons. The van der Waals surface area contributed by atoms with Crippen LogP contribution in [0.3, 0.4) is 0 Å². The summed E-state index contributed by atoms with van der Waals surface area (Å²) in [6.07, 6.45) is -5.34. The molecule has 5 rings (SSSR count). The third-order valence-electron chi connectivity index (χ3n) is 7.99. The summed E-state index contributed by atoms with van der Waals surface area (Å²) in [4.78, 5) is 62.9. The van der Waals surface area contributed by atoms with E-state index in [1.165, 1.54) is 36.4 Å². The monoisotopic (exact) mass is 815 g/mol. The van der Waals surface area contributed by atoms with Crippen molar-refractivity contribution in [2.45, 2.75) is 48.3 Å². The van der Waals surface area contributed by atoms with Crippen molar-refractivity contribution in [3.63, 3.8) is 0 Å². The molecule has 16 heteroatoms. The Morgan fingerprint density at radius 2 is 1.22 bits per heavy atom. The van der Waals surface area contributed by atoms with E-state index in [2.05, 4.69) is 5.32 Å². The molecule has 1 aliphatic heterocycles. The van der Waals surface area contributed by atoms with Crippen LogP contribution >= 0.6 is 29.9 Å². The fourth-order valence-electron chi connectivity index (χ4n) is 5.40. The summed E-state index contributed by atoms with van der Waals surface area (Å²) in [6, 6.07) is 31.8.